The van der Waals surface area contributed by atoms with Crippen molar-refractivity contribution in [3.63, 3.8) is 0 Å². The van der Waals surface area contributed by atoms with Crippen LogP contribution in [0.3, 0.4) is 0 Å². The van der Waals surface area contributed by atoms with Crippen molar-refractivity contribution < 1.29 is 18.8 Å². The SMILES string of the molecule is C[C@](CCn1cc(-c2cnc3ccccc3n2)cn1)(CS(=O)O)C(=O)NO. The summed E-state index contributed by atoms with van der Waals surface area (Å²) in [7, 11) is 0. The van der Waals surface area contributed by atoms with Gasteiger partial charge in [0, 0.05) is 18.3 Å². The number of hydrogen-bond donors (Lipinski definition) is 3. The summed E-state index contributed by atoms with van der Waals surface area (Å²) in [5.41, 5.74) is 3.38. The third-order valence-corrected chi connectivity index (χ3v) is 5.25. The molecule has 2 heterocycles. The number of rotatable bonds is 7. The van der Waals surface area contributed by atoms with E-state index in [4.69, 9.17) is 9.76 Å². The van der Waals surface area contributed by atoms with E-state index in [1.165, 1.54) is 6.92 Å². The Morgan fingerprint density at radius 3 is 2.74 bits per heavy atom. The van der Waals surface area contributed by atoms with Crippen LogP contribution in [0.15, 0.2) is 42.9 Å². The maximum absolute atomic E-state index is 11.9. The number of aromatic nitrogens is 4. The first-order valence-corrected chi connectivity index (χ1v) is 9.45. The second-order valence-electron chi connectivity index (χ2n) is 6.45. The number of hydrogen-bond acceptors (Lipinski definition) is 6. The van der Waals surface area contributed by atoms with Crippen LogP contribution in [0.1, 0.15) is 13.3 Å². The molecule has 0 aliphatic carbocycles. The highest BCUT2D eigenvalue weighted by Gasteiger charge is 2.35. The summed E-state index contributed by atoms with van der Waals surface area (Å²) in [6.45, 7) is 1.84. The largest absolute Gasteiger partial charge is 0.306 e. The molecule has 1 aromatic carbocycles. The third kappa shape index (κ3) is 4.35. The average molecular weight is 389 g/mol. The Morgan fingerprint density at radius 1 is 1.30 bits per heavy atom. The number of carbonyl (C=O) groups excluding carboxylic acids is 1. The average Bonchev–Trinajstić information content (AvgIpc) is 3.14. The molecule has 0 bridgehead atoms. The molecule has 9 nitrogen and oxygen atoms in total. The molecular formula is C17H19N5O4S. The lowest BCUT2D eigenvalue weighted by Crippen LogP contribution is -2.42. The number of fused-ring (bicyclic) bond motifs is 1. The van der Waals surface area contributed by atoms with Crippen LogP contribution in [0.2, 0.25) is 0 Å². The van der Waals surface area contributed by atoms with Crippen molar-refractivity contribution in [2.45, 2.75) is 19.9 Å². The van der Waals surface area contributed by atoms with Gasteiger partial charge in [0.15, 0.2) is 11.1 Å². The van der Waals surface area contributed by atoms with Gasteiger partial charge < -0.3 is 4.55 Å². The van der Waals surface area contributed by atoms with Gasteiger partial charge in [-0.2, -0.15) is 5.10 Å². The van der Waals surface area contributed by atoms with Crippen molar-refractivity contribution in [2.75, 3.05) is 5.75 Å². The number of amides is 1. The Labute approximate surface area is 157 Å². The van der Waals surface area contributed by atoms with Crippen LogP contribution in [0, 0.1) is 5.41 Å². The van der Waals surface area contributed by atoms with Crippen molar-refractivity contribution in [3.8, 4) is 11.3 Å². The van der Waals surface area contributed by atoms with Crippen molar-refractivity contribution in [3.05, 3.63) is 42.9 Å². The summed E-state index contributed by atoms with van der Waals surface area (Å²) < 4.78 is 21.9. The van der Waals surface area contributed by atoms with Crippen LogP contribution in [-0.4, -0.2) is 45.4 Å². The quantitative estimate of drug-likeness (QED) is 0.318. The van der Waals surface area contributed by atoms with Gasteiger partial charge >= 0.3 is 0 Å². The van der Waals surface area contributed by atoms with Crippen LogP contribution in [-0.2, 0) is 22.4 Å². The first-order valence-electron chi connectivity index (χ1n) is 8.18. The minimum Gasteiger partial charge on any atom is -0.306 e. The summed E-state index contributed by atoms with van der Waals surface area (Å²) in [4.78, 5) is 20.8. The van der Waals surface area contributed by atoms with E-state index in [0.717, 1.165) is 16.6 Å². The van der Waals surface area contributed by atoms with E-state index in [0.29, 0.717) is 12.2 Å². The van der Waals surface area contributed by atoms with Crippen molar-refractivity contribution >= 4 is 28.0 Å². The van der Waals surface area contributed by atoms with Gasteiger partial charge in [-0.25, -0.2) is 14.7 Å². The van der Waals surface area contributed by atoms with E-state index in [2.05, 4.69) is 15.1 Å². The number of carbonyl (C=O) groups is 1. The molecule has 2 atom stereocenters. The zero-order valence-corrected chi connectivity index (χ0v) is 15.4. The van der Waals surface area contributed by atoms with Crippen LogP contribution in [0.4, 0.5) is 0 Å². The van der Waals surface area contributed by atoms with Crippen LogP contribution in [0.5, 0.6) is 0 Å². The van der Waals surface area contributed by atoms with Gasteiger partial charge in [-0.05, 0) is 25.5 Å². The molecule has 0 spiro atoms. The van der Waals surface area contributed by atoms with E-state index < -0.39 is 22.4 Å². The highest BCUT2D eigenvalue weighted by molar-refractivity contribution is 7.79. The maximum atomic E-state index is 11.9. The fourth-order valence-corrected chi connectivity index (χ4v) is 3.55. The molecular weight excluding hydrogens is 370 g/mol. The highest BCUT2D eigenvalue weighted by atomic mass is 32.2. The number of benzene rings is 1. The number of para-hydroxylation sites is 2. The molecule has 0 aliphatic rings. The molecule has 0 aliphatic heterocycles. The molecule has 0 fully saturated rings. The number of nitrogens with one attached hydrogen (secondary N) is 1. The molecule has 0 radical (unpaired) electrons. The Bertz CT molecular complexity index is 992. The molecule has 3 N–H and O–H groups in total. The third-order valence-electron chi connectivity index (χ3n) is 4.36. The lowest BCUT2D eigenvalue weighted by Gasteiger charge is -2.25. The number of hydroxylamine groups is 1. The smallest absolute Gasteiger partial charge is 0.250 e. The lowest BCUT2D eigenvalue weighted by molar-refractivity contribution is -0.138. The molecule has 10 heteroatoms. The van der Waals surface area contributed by atoms with Crippen LogP contribution < -0.4 is 5.48 Å². The van der Waals surface area contributed by atoms with E-state index in [1.807, 2.05) is 24.3 Å². The van der Waals surface area contributed by atoms with Gasteiger partial charge in [0.1, 0.15) is 0 Å². The van der Waals surface area contributed by atoms with Crippen LogP contribution >= 0.6 is 0 Å². The maximum Gasteiger partial charge on any atom is 0.250 e. The summed E-state index contributed by atoms with van der Waals surface area (Å²) >= 11 is -2.17. The summed E-state index contributed by atoms with van der Waals surface area (Å²) in [5.74, 6) is -0.999. The fourth-order valence-electron chi connectivity index (χ4n) is 2.73. The van der Waals surface area contributed by atoms with Gasteiger partial charge in [-0.1, -0.05) is 12.1 Å². The predicted molar refractivity (Wildman–Crippen MR) is 99.1 cm³/mol. The second kappa shape index (κ2) is 7.91. The molecule has 142 valence electrons. The zero-order chi connectivity index (χ0) is 19.4. The Hall–Kier alpha value is -2.69. The van der Waals surface area contributed by atoms with Crippen molar-refractivity contribution in [1.82, 2.24) is 25.2 Å². The summed E-state index contributed by atoms with van der Waals surface area (Å²) in [5, 5.41) is 13.2. The minimum atomic E-state index is -2.17. The van der Waals surface area contributed by atoms with Crippen molar-refractivity contribution in [2.24, 2.45) is 5.41 Å². The standard InChI is InChI=1S/C17H19N5O4S/c1-17(11-27(25)26,16(23)21-24)6-7-22-10-12(8-19-22)15-9-18-13-4-2-3-5-14(13)20-15/h2-5,8-10,24H,6-7,11H2,1H3,(H,21,23)(H,25,26)/t17-/m0/s1. The van der Waals surface area contributed by atoms with Gasteiger partial charge in [0.05, 0.1) is 40.3 Å². The Balaban J connectivity index is 1.76. The molecule has 0 saturated heterocycles. The van der Waals surface area contributed by atoms with E-state index in [-0.39, 0.29) is 12.2 Å². The van der Waals surface area contributed by atoms with E-state index in [9.17, 15) is 9.00 Å². The van der Waals surface area contributed by atoms with Gasteiger partial charge in [0.2, 0.25) is 5.91 Å². The van der Waals surface area contributed by atoms with E-state index >= 15 is 0 Å². The molecule has 2 aromatic heterocycles. The molecule has 0 saturated carbocycles. The predicted octanol–water partition coefficient (Wildman–Crippen LogP) is 1.62. The molecule has 3 rings (SSSR count). The van der Waals surface area contributed by atoms with E-state index in [1.54, 1.807) is 28.8 Å². The van der Waals surface area contributed by atoms with Crippen LogP contribution in [0.25, 0.3) is 22.3 Å². The highest BCUT2D eigenvalue weighted by Crippen LogP contribution is 2.25. The first kappa shape index (κ1) is 19.1. The van der Waals surface area contributed by atoms with Crippen molar-refractivity contribution in [1.29, 1.82) is 0 Å². The molecule has 3 aromatic rings. The molecule has 1 unspecified atom stereocenters. The lowest BCUT2D eigenvalue weighted by atomic mass is 9.88. The number of nitrogens with zero attached hydrogens (tertiary/aromatic N) is 4. The van der Waals surface area contributed by atoms with Gasteiger partial charge in [-0.3, -0.25) is 19.7 Å². The second-order valence-corrected chi connectivity index (χ2v) is 7.39. The normalized spacial score (nSPS) is 14.6. The first-order chi connectivity index (χ1) is 12.9. The summed E-state index contributed by atoms with van der Waals surface area (Å²) in [6.07, 6.45) is 5.30. The Morgan fingerprint density at radius 2 is 2.04 bits per heavy atom. The molecule has 1 amide bonds. The minimum absolute atomic E-state index is 0.218. The zero-order valence-electron chi connectivity index (χ0n) is 14.6. The fraction of sp³-hybridized carbons (Fsp3) is 0.294. The van der Waals surface area contributed by atoms with Gasteiger partial charge in [0.25, 0.3) is 0 Å². The monoisotopic (exact) mass is 389 g/mol. The summed E-state index contributed by atoms with van der Waals surface area (Å²) in [6, 6.07) is 7.55. The molecule has 27 heavy (non-hydrogen) atoms. The van der Waals surface area contributed by atoms with Gasteiger partial charge in [-0.15, -0.1) is 0 Å². The Kier molecular flexibility index (Phi) is 5.59. The number of aryl methyl sites for hydroxylation is 1. The topological polar surface area (TPSA) is 130 Å².